The first-order valence-electron chi connectivity index (χ1n) is 6.96. The van der Waals surface area contributed by atoms with Gasteiger partial charge in [0.1, 0.15) is 11.4 Å². The Hall–Kier alpha value is -1.06. The molecule has 0 heterocycles. The molecule has 0 aliphatic carbocycles. The number of para-hydroxylation sites is 1. The fourth-order valence-corrected chi connectivity index (χ4v) is 1.78. The van der Waals surface area contributed by atoms with Crippen molar-refractivity contribution in [2.24, 2.45) is 0 Å². The number of aliphatic hydroxyl groups is 1. The number of hydrogen-bond donors (Lipinski definition) is 2. The Morgan fingerprint density at radius 1 is 1.16 bits per heavy atom. The summed E-state index contributed by atoms with van der Waals surface area (Å²) in [5.41, 5.74) is -0.138. The molecule has 0 fully saturated rings. The molecule has 108 valence electrons. The molecule has 1 unspecified atom stereocenters. The zero-order chi connectivity index (χ0) is 14.5. The summed E-state index contributed by atoms with van der Waals surface area (Å²) in [6.07, 6.45) is 0.955. The third kappa shape index (κ3) is 5.21. The van der Waals surface area contributed by atoms with Gasteiger partial charge in [0.15, 0.2) is 0 Å². The van der Waals surface area contributed by atoms with Gasteiger partial charge in [-0.25, -0.2) is 0 Å². The Kier molecular flexibility index (Phi) is 5.39. The van der Waals surface area contributed by atoms with Crippen molar-refractivity contribution in [3.8, 4) is 5.75 Å². The molecule has 0 aliphatic rings. The van der Waals surface area contributed by atoms with E-state index in [1.54, 1.807) is 0 Å². The third-order valence-corrected chi connectivity index (χ3v) is 2.89. The van der Waals surface area contributed by atoms with Crippen LogP contribution in [0.1, 0.15) is 46.6 Å². The molecule has 1 aromatic rings. The van der Waals surface area contributed by atoms with Crippen molar-refractivity contribution >= 4 is 0 Å². The number of nitrogens with one attached hydrogen (secondary N) is 1. The molecule has 0 aliphatic heterocycles. The summed E-state index contributed by atoms with van der Waals surface area (Å²) in [6.45, 7) is 11.3. The van der Waals surface area contributed by atoms with Crippen molar-refractivity contribution in [3.05, 3.63) is 29.8 Å². The van der Waals surface area contributed by atoms with Crippen LogP contribution < -0.4 is 10.1 Å². The molecule has 1 rings (SSSR count). The summed E-state index contributed by atoms with van der Waals surface area (Å²) in [5.74, 6) is 0.769. The first-order valence-corrected chi connectivity index (χ1v) is 6.96. The van der Waals surface area contributed by atoms with Gasteiger partial charge in [-0.2, -0.15) is 0 Å². The Bertz CT molecular complexity index is 394. The Morgan fingerprint density at radius 3 is 2.37 bits per heavy atom. The lowest BCUT2D eigenvalue weighted by atomic mass is 9.93. The lowest BCUT2D eigenvalue weighted by molar-refractivity contribution is 0.0470. The predicted octanol–water partition coefficient (Wildman–Crippen LogP) is 3.07. The molecule has 0 amide bonds. The van der Waals surface area contributed by atoms with E-state index in [1.807, 2.05) is 31.2 Å². The van der Waals surface area contributed by atoms with Crippen LogP contribution in [-0.2, 0) is 5.60 Å². The second-order valence-electron chi connectivity index (χ2n) is 6.22. The highest BCUT2D eigenvalue weighted by Gasteiger charge is 2.28. The zero-order valence-electron chi connectivity index (χ0n) is 12.8. The maximum Gasteiger partial charge on any atom is 0.125 e. The molecule has 3 heteroatoms. The van der Waals surface area contributed by atoms with E-state index in [0.29, 0.717) is 13.2 Å². The van der Waals surface area contributed by atoms with E-state index in [2.05, 4.69) is 33.0 Å². The summed E-state index contributed by atoms with van der Waals surface area (Å²) < 4.78 is 5.72. The molecule has 2 N–H and O–H groups in total. The second kappa shape index (κ2) is 6.40. The maximum atomic E-state index is 10.7. The van der Waals surface area contributed by atoms with E-state index in [-0.39, 0.29) is 5.54 Å². The van der Waals surface area contributed by atoms with Gasteiger partial charge in [0.25, 0.3) is 0 Å². The number of benzene rings is 1. The lowest BCUT2D eigenvalue weighted by Gasteiger charge is -2.31. The first kappa shape index (κ1) is 16.0. The van der Waals surface area contributed by atoms with Crippen LogP contribution in [0.5, 0.6) is 5.75 Å². The van der Waals surface area contributed by atoms with Crippen LogP contribution in [0.15, 0.2) is 24.3 Å². The van der Waals surface area contributed by atoms with Gasteiger partial charge in [-0.1, -0.05) is 25.1 Å². The zero-order valence-corrected chi connectivity index (χ0v) is 12.8. The average Bonchev–Trinajstić information content (AvgIpc) is 2.34. The monoisotopic (exact) mass is 265 g/mol. The Morgan fingerprint density at radius 2 is 1.79 bits per heavy atom. The molecule has 3 nitrogen and oxygen atoms in total. The fourth-order valence-electron chi connectivity index (χ4n) is 1.78. The van der Waals surface area contributed by atoms with E-state index in [0.717, 1.165) is 17.7 Å². The number of rotatable bonds is 6. The molecular formula is C16H27NO2. The minimum atomic E-state index is -0.947. The van der Waals surface area contributed by atoms with Crippen LogP contribution in [0.4, 0.5) is 0 Å². The van der Waals surface area contributed by atoms with E-state index in [1.165, 1.54) is 0 Å². The lowest BCUT2D eigenvalue weighted by Crippen LogP contribution is -2.44. The molecule has 1 aromatic carbocycles. The van der Waals surface area contributed by atoms with Crippen LogP contribution in [0.3, 0.4) is 0 Å². The quantitative estimate of drug-likeness (QED) is 0.830. The van der Waals surface area contributed by atoms with Gasteiger partial charge >= 0.3 is 0 Å². The van der Waals surface area contributed by atoms with Crippen LogP contribution in [0.2, 0.25) is 0 Å². The minimum absolute atomic E-state index is 0.0246. The molecule has 1 atom stereocenters. The van der Waals surface area contributed by atoms with Gasteiger partial charge in [-0.3, -0.25) is 0 Å². The van der Waals surface area contributed by atoms with Crippen LogP contribution in [0, 0.1) is 0 Å². The number of β-amino-alcohol motifs (C(OH)–C–C–N with tert-alkyl or cyclic N) is 1. The van der Waals surface area contributed by atoms with Crippen molar-refractivity contribution in [2.75, 3.05) is 13.2 Å². The van der Waals surface area contributed by atoms with Crippen molar-refractivity contribution < 1.29 is 9.84 Å². The van der Waals surface area contributed by atoms with Gasteiger partial charge in [-0.15, -0.1) is 0 Å². The molecule has 0 saturated carbocycles. The fraction of sp³-hybridized carbons (Fsp3) is 0.625. The SMILES string of the molecule is CCCOc1ccccc1C(C)(O)CNC(C)(C)C. The predicted molar refractivity (Wildman–Crippen MR) is 79.6 cm³/mol. The normalized spacial score (nSPS) is 15.1. The van der Waals surface area contributed by atoms with Crippen LogP contribution in [0.25, 0.3) is 0 Å². The molecule has 0 bridgehead atoms. The molecular weight excluding hydrogens is 238 g/mol. The molecule has 0 aromatic heterocycles. The highest BCUT2D eigenvalue weighted by molar-refractivity contribution is 5.37. The van der Waals surface area contributed by atoms with Crippen LogP contribution >= 0.6 is 0 Å². The minimum Gasteiger partial charge on any atom is -0.493 e. The van der Waals surface area contributed by atoms with Gasteiger partial charge < -0.3 is 15.2 Å². The van der Waals surface area contributed by atoms with Gasteiger partial charge in [-0.05, 0) is 40.2 Å². The highest BCUT2D eigenvalue weighted by atomic mass is 16.5. The van der Waals surface area contributed by atoms with Gasteiger partial charge in [0.2, 0.25) is 0 Å². The molecule has 19 heavy (non-hydrogen) atoms. The van der Waals surface area contributed by atoms with Crippen LogP contribution in [-0.4, -0.2) is 23.8 Å². The average molecular weight is 265 g/mol. The second-order valence-corrected chi connectivity index (χ2v) is 6.22. The summed E-state index contributed by atoms with van der Waals surface area (Å²) in [4.78, 5) is 0. The maximum absolute atomic E-state index is 10.7. The first-order chi connectivity index (χ1) is 8.76. The standard InChI is InChI=1S/C16H27NO2/c1-6-11-19-14-10-8-7-9-13(14)16(5,18)12-17-15(2,3)4/h7-10,17-18H,6,11-12H2,1-5H3. The number of hydrogen-bond acceptors (Lipinski definition) is 3. The summed E-state index contributed by atoms with van der Waals surface area (Å²) in [7, 11) is 0. The summed E-state index contributed by atoms with van der Waals surface area (Å²) in [6, 6.07) is 7.70. The smallest absolute Gasteiger partial charge is 0.125 e. The van der Waals surface area contributed by atoms with Crippen molar-refractivity contribution in [2.45, 2.75) is 52.2 Å². The van der Waals surface area contributed by atoms with Gasteiger partial charge in [0, 0.05) is 17.6 Å². The molecule has 0 radical (unpaired) electrons. The van der Waals surface area contributed by atoms with E-state index >= 15 is 0 Å². The van der Waals surface area contributed by atoms with E-state index < -0.39 is 5.60 Å². The Balaban J connectivity index is 2.87. The van der Waals surface area contributed by atoms with Crippen molar-refractivity contribution in [1.82, 2.24) is 5.32 Å². The largest absolute Gasteiger partial charge is 0.493 e. The summed E-state index contributed by atoms with van der Waals surface area (Å²) >= 11 is 0. The topological polar surface area (TPSA) is 41.5 Å². The van der Waals surface area contributed by atoms with E-state index in [9.17, 15) is 5.11 Å². The summed E-state index contributed by atoms with van der Waals surface area (Å²) in [5, 5.41) is 14.0. The molecule has 0 saturated heterocycles. The van der Waals surface area contributed by atoms with Crippen molar-refractivity contribution in [3.63, 3.8) is 0 Å². The van der Waals surface area contributed by atoms with Gasteiger partial charge in [0.05, 0.1) is 6.61 Å². The van der Waals surface area contributed by atoms with Crippen molar-refractivity contribution in [1.29, 1.82) is 0 Å². The number of ether oxygens (including phenoxy) is 1. The Labute approximate surface area is 117 Å². The third-order valence-electron chi connectivity index (χ3n) is 2.89. The van der Waals surface area contributed by atoms with E-state index in [4.69, 9.17) is 4.74 Å². The molecule has 0 spiro atoms. The highest BCUT2D eigenvalue weighted by Crippen LogP contribution is 2.29.